The van der Waals surface area contributed by atoms with E-state index in [1.54, 1.807) is 18.6 Å². The van der Waals surface area contributed by atoms with E-state index in [0.29, 0.717) is 11.1 Å². The van der Waals surface area contributed by atoms with Crippen molar-refractivity contribution >= 4 is 23.4 Å². The van der Waals surface area contributed by atoms with Crippen molar-refractivity contribution < 1.29 is 0 Å². The van der Waals surface area contributed by atoms with Crippen molar-refractivity contribution in [2.75, 3.05) is 29.9 Å². The monoisotopic (exact) mass is 318 g/mol. The van der Waals surface area contributed by atoms with Gasteiger partial charge in [0.15, 0.2) is 0 Å². The molecule has 0 atom stereocenters. The lowest BCUT2D eigenvalue weighted by atomic mass is 10.0. The maximum Gasteiger partial charge on any atom is 0.225 e. The third-order valence-corrected chi connectivity index (χ3v) is 4.20. The van der Waals surface area contributed by atoms with Gasteiger partial charge in [0.25, 0.3) is 0 Å². The molecule has 1 saturated heterocycles. The van der Waals surface area contributed by atoms with Gasteiger partial charge in [-0.05, 0) is 19.8 Å². The molecule has 0 amide bonds. The fourth-order valence-electron chi connectivity index (χ4n) is 2.74. The number of anilines is 2. The molecular formula is C15H19ClN6. The van der Waals surface area contributed by atoms with Gasteiger partial charge in [0.05, 0.1) is 29.3 Å². The summed E-state index contributed by atoms with van der Waals surface area (Å²) in [5, 5.41) is 0.560. The Morgan fingerprint density at radius 1 is 1.14 bits per heavy atom. The van der Waals surface area contributed by atoms with Crippen LogP contribution in [0.2, 0.25) is 5.02 Å². The average Bonchev–Trinajstić information content (AvgIpc) is 2.55. The molecule has 0 spiro atoms. The van der Waals surface area contributed by atoms with Crippen LogP contribution in [0, 0.1) is 6.92 Å². The quantitative estimate of drug-likeness (QED) is 0.865. The Morgan fingerprint density at radius 2 is 1.82 bits per heavy atom. The highest BCUT2D eigenvalue weighted by molar-refractivity contribution is 6.30. The topological polar surface area (TPSA) is 58.0 Å². The third-order valence-electron chi connectivity index (χ3n) is 4.00. The second-order valence-corrected chi connectivity index (χ2v) is 5.99. The van der Waals surface area contributed by atoms with E-state index in [1.807, 2.05) is 20.2 Å². The number of aryl methyl sites for hydroxylation is 1. The van der Waals surface area contributed by atoms with Crippen LogP contribution >= 0.6 is 11.6 Å². The second-order valence-electron chi connectivity index (χ2n) is 5.55. The summed E-state index contributed by atoms with van der Waals surface area (Å²) < 4.78 is 0. The molecule has 0 bridgehead atoms. The number of nitrogens with zero attached hydrogens (tertiary/aromatic N) is 6. The molecular weight excluding hydrogens is 300 g/mol. The van der Waals surface area contributed by atoms with E-state index < -0.39 is 0 Å². The van der Waals surface area contributed by atoms with Gasteiger partial charge in [-0.25, -0.2) is 15.0 Å². The molecule has 1 aliphatic heterocycles. The number of rotatable bonds is 3. The summed E-state index contributed by atoms with van der Waals surface area (Å²) >= 11 is 5.84. The van der Waals surface area contributed by atoms with Gasteiger partial charge in [-0.3, -0.25) is 4.98 Å². The van der Waals surface area contributed by atoms with Gasteiger partial charge in [-0.2, -0.15) is 0 Å². The number of halogens is 1. The van der Waals surface area contributed by atoms with Crippen LogP contribution in [0.1, 0.15) is 18.5 Å². The van der Waals surface area contributed by atoms with E-state index in [4.69, 9.17) is 11.6 Å². The van der Waals surface area contributed by atoms with Crippen LogP contribution in [0.3, 0.4) is 0 Å². The molecule has 1 aliphatic rings. The van der Waals surface area contributed by atoms with Gasteiger partial charge >= 0.3 is 0 Å². The van der Waals surface area contributed by atoms with Crippen molar-refractivity contribution in [3.8, 4) is 0 Å². The standard InChI is InChI=1S/C15H19ClN6/c1-11-7-17-10-14(20-11)22-5-3-13(4-6-22)21(2)15-18-8-12(16)9-19-15/h7-10,13H,3-6H2,1-2H3. The third kappa shape index (κ3) is 3.27. The molecule has 0 saturated carbocycles. The molecule has 0 radical (unpaired) electrons. The summed E-state index contributed by atoms with van der Waals surface area (Å²) in [6.45, 7) is 3.89. The zero-order valence-corrected chi connectivity index (χ0v) is 13.5. The maximum atomic E-state index is 5.84. The maximum absolute atomic E-state index is 5.84. The number of hydrogen-bond acceptors (Lipinski definition) is 6. The lowest BCUT2D eigenvalue weighted by molar-refractivity contribution is 0.475. The molecule has 2 aromatic heterocycles. The first-order chi connectivity index (χ1) is 10.6. The van der Waals surface area contributed by atoms with Crippen molar-refractivity contribution in [1.82, 2.24) is 19.9 Å². The molecule has 3 heterocycles. The molecule has 0 N–H and O–H groups in total. The number of piperidine rings is 1. The van der Waals surface area contributed by atoms with Gasteiger partial charge in [0, 0.05) is 32.4 Å². The number of aromatic nitrogens is 4. The van der Waals surface area contributed by atoms with E-state index in [9.17, 15) is 0 Å². The molecule has 3 rings (SSSR count). The molecule has 116 valence electrons. The lowest BCUT2D eigenvalue weighted by Crippen LogP contribution is -2.44. The fraction of sp³-hybridized carbons (Fsp3) is 0.467. The fourth-order valence-corrected chi connectivity index (χ4v) is 2.83. The summed E-state index contributed by atoms with van der Waals surface area (Å²) in [6, 6.07) is 0.426. The average molecular weight is 319 g/mol. The van der Waals surface area contributed by atoms with Gasteiger partial charge < -0.3 is 9.80 Å². The van der Waals surface area contributed by atoms with Gasteiger partial charge in [0.1, 0.15) is 5.82 Å². The van der Waals surface area contributed by atoms with Crippen molar-refractivity contribution in [2.45, 2.75) is 25.8 Å². The first-order valence-corrected chi connectivity index (χ1v) is 7.75. The van der Waals surface area contributed by atoms with E-state index in [0.717, 1.165) is 43.4 Å². The minimum absolute atomic E-state index is 0.426. The van der Waals surface area contributed by atoms with Crippen molar-refractivity contribution in [2.24, 2.45) is 0 Å². The summed E-state index contributed by atoms with van der Waals surface area (Å²) in [7, 11) is 2.04. The molecule has 2 aromatic rings. The Kier molecular flexibility index (Phi) is 4.38. The van der Waals surface area contributed by atoms with Crippen LogP contribution in [0.5, 0.6) is 0 Å². The smallest absolute Gasteiger partial charge is 0.225 e. The van der Waals surface area contributed by atoms with Gasteiger partial charge in [-0.1, -0.05) is 11.6 Å². The van der Waals surface area contributed by atoms with Crippen LogP contribution < -0.4 is 9.80 Å². The first kappa shape index (κ1) is 15.0. The molecule has 22 heavy (non-hydrogen) atoms. The highest BCUT2D eigenvalue weighted by Crippen LogP contribution is 2.22. The van der Waals surface area contributed by atoms with Crippen molar-refractivity contribution in [3.63, 3.8) is 0 Å². The molecule has 0 aromatic carbocycles. The van der Waals surface area contributed by atoms with Gasteiger partial charge in [-0.15, -0.1) is 0 Å². The van der Waals surface area contributed by atoms with Crippen LogP contribution in [0.15, 0.2) is 24.8 Å². The molecule has 0 aliphatic carbocycles. The molecule has 7 heteroatoms. The zero-order chi connectivity index (χ0) is 15.5. The number of hydrogen-bond donors (Lipinski definition) is 0. The van der Waals surface area contributed by atoms with Crippen molar-refractivity contribution in [3.05, 3.63) is 35.5 Å². The highest BCUT2D eigenvalue weighted by Gasteiger charge is 2.24. The highest BCUT2D eigenvalue weighted by atomic mass is 35.5. The Hall–Kier alpha value is -1.95. The lowest BCUT2D eigenvalue weighted by Gasteiger charge is -2.37. The van der Waals surface area contributed by atoms with Crippen LogP contribution in [0.4, 0.5) is 11.8 Å². The zero-order valence-electron chi connectivity index (χ0n) is 12.8. The summed E-state index contributed by atoms with van der Waals surface area (Å²) in [4.78, 5) is 21.8. The van der Waals surface area contributed by atoms with E-state index in [2.05, 4.69) is 29.7 Å². The SMILES string of the molecule is Cc1cncc(N2CCC(N(C)c3ncc(Cl)cn3)CC2)n1. The van der Waals surface area contributed by atoms with E-state index >= 15 is 0 Å². The van der Waals surface area contributed by atoms with E-state index in [1.165, 1.54) is 0 Å². The van der Waals surface area contributed by atoms with Crippen molar-refractivity contribution in [1.29, 1.82) is 0 Å². The molecule has 1 fully saturated rings. The predicted octanol–water partition coefficient (Wildman–Crippen LogP) is 2.33. The summed E-state index contributed by atoms with van der Waals surface area (Å²) in [5.41, 5.74) is 0.950. The Bertz CT molecular complexity index is 624. The van der Waals surface area contributed by atoms with E-state index in [-0.39, 0.29) is 0 Å². The normalized spacial score (nSPS) is 15.9. The minimum atomic E-state index is 0.426. The predicted molar refractivity (Wildman–Crippen MR) is 87.4 cm³/mol. The largest absolute Gasteiger partial charge is 0.355 e. The molecule has 0 unspecified atom stereocenters. The Morgan fingerprint density at radius 3 is 2.45 bits per heavy atom. The molecule has 6 nitrogen and oxygen atoms in total. The van der Waals surface area contributed by atoms with Crippen LogP contribution in [-0.4, -0.2) is 46.1 Å². The first-order valence-electron chi connectivity index (χ1n) is 7.37. The Balaban J connectivity index is 1.62. The van der Waals surface area contributed by atoms with Gasteiger partial charge in [0.2, 0.25) is 5.95 Å². The van der Waals surface area contributed by atoms with Crippen LogP contribution in [0.25, 0.3) is 0 Å². The minimum Gasteiger partial charge on any atom is -0.355 e. The Labute approximate surface area is 135 Å². The second kappa shape index (κ2) is 6.44. The van der Waals surface area contributed by atoms with Crippen LogP contribution in [-0.2, 0) is 0 Å². The summed E-state index contributed by atoms with van der Waals surface area (Å²) in [6.07, 6.45) is 8.97. The summed E-state index contributed by atoms with van der Waals surface area (Å²) in [5.74, 6) is 1.68.